The quantitative estimate of drug-likeness (QED) is 0.375. The number of nitrogens with zero attached hydrogens (tertiary/aromatic N) is 2. The third-order valence-corrected chi connectivity index (χ3v) is 13.2. The predicted octanol–water partition coefficient (Wildman–Crippen LogP) is 4.07. The first-order chi connectivity index (χ1) is 26.5. The van der Waals surface area contributed by atoms with Gasteiger partial charge in [0.05, 0.1) is 31.5 Å². The van der Waals surface area contributed by atoms with Gasteiger partial charge in [0.15, 0.2) is 0 Å². The first kappa shape index (κ1) is 38.6. The van der Waals surface area contributed by atoms with E-state index in [1.165, 1.54) is 12.0 Å². The Bertz CT molecular complexity index is 2000. The van der Waals surface area contributed by atoms with Gasteiger partial charge in [0.2, 0.25) is 33.6 Å². The van der Waals surface area contributed by atoms with Gasteiger partial charge >= 0.3 is 0 Å². The number of allylic oxidation sites excluding steroid dienone is 2. The van der Waals surface area contributed by atoms with Crippen molar-refractivity contribution >= 4 is 50.6 Å². The van der Waals surface area contributed by atoms with Crippen molar-refractivity contribution in [1.82, 2.24) is 25.2 Å². The molecule has 5 aliphatic rings. The van der Waals surface area contributed by atoms with Crippen LogP contribution in [0.25, 0.3) is 17.0 Å². The molecular formula is C40H51N5O9S. The van der Waals surface area contributed by atoms with E-state index in [-0.39, 0.29) is 31.7 Å². The summed E-state index contributed by atoms with van der Waals surface area (Å²) in [5.74, 6) is -1.04. The van der Waals surface area contributed by atoms with E-state index in [4.69, 9.17) is 14.2 Å². The number of benzene rings is 1. The molecule has 14 nitrogen and oxygen atoms in total. The Morgan fingerprint density at radius 3 is 2.53 bits per heavy atom. The summed E-state index contributed by atoms with van der Waals surface area (Å²) in [4.78, 5) is 62.2. The second kappa shape index (κ2) is 16.2. The second-order valence-corrected chi connectivity index (χ2v) is 17.4. The number of fused-ring (bicyclic) bond motifs is 4. The van der Waals surface area contributed by atoms with E-state index in [0.29, 0.717) is 60.4 Å². The number of sulfonamides is 1. The van der Waals surface area contributed by atoms with Gasteiger partial charge in [-0.05, 0) is 63.9 Å². The molecule has 1 saturated heterocycles. The highest BCUT2D eigenvalue weighted by atomic mass is 32.2. The molecule has 2 aromatic rings. The van der Waals surface area contributed by atoms with Crippen molar-refractivity contribution in [2.45, 2.75) is 119 Å². The fourth-order valence-corrected chi connectivity index (χ4v) is 9.32. The molecule has 4 heterocycles. The van der Waals surface area contributed by atoms with Gasteiger partial charge in [-0.15, -0.1) is 0 Å². The molecule has 3 N–H and O–H groups in total. The standard InChI is InChI=1S/C40H51N5O9S/c1-52-33-21-31-29-19-25(33)13-9-5-3-8-12-16-35(46)41-30-15-11-7-4-6-10-14-26-23-40(26,39(49)44-55(50,51)28-17-18-28)43-37(47)32-20-27(24-45(32)38(30)48)54-34(29)22-36(42-31)53-2/h9-10,13-14,19,21-22,26-28,30,32H,3-8,11-12,15-18,20,23-24H2,1-2H3,(H,41,46)(H,43,47)(H,44,49)/b13-9+,14-10-/t26-,27+,30-,32-,40+/m0/s1. The van der Waals surface area contributed by atoms with Crippen LogP contribution in [-0.4, -0.2) is 91.7 Å². The maximum absolute atomic E-state index is 14.6. The molecule has 5 bridgehead atoms. The number of carbonyl (C=O) groups excluding carboxylic acids is 4. The van der Waals surface area contributed by atoms with Crippen molar-refractivity contribution in [3.05, 3.63) is 42.0 Å². The number of amides is 4. The number of rotatable bonds is 5. The molecule has 1 aromatic heterocycles. The Kier molecular flexibility index (Phi) is 11.4. The van der Waals surface area contributed by atoms with E-state index in [2.05, 4.69) is 26.4 Å². The van der Waals surface area contributed by atoms with Crippen molar-refractivity contribution in [3.8, 4) is 17.4 Å². The fourth-order valence-electron chi connectivity index (χ4n) is 7.95. The normalized spacial score (nSPS) is 29.2. The van der Waals surface area contributed by atoms with Crippen LogP contribution in [0.5, 0.6) is 17.4 Å². The van der Waals surface area contributed by atoms with Crippen LogP contribution in [0.4, 0.5) is 0 Å². The van der Waals surface area contributed by atoms with Crippen molar-refractivity contribution in [2.24, 2.45) is 5.92 Å². The SMILES string of the molecule is COc1cc2c3cc(c(OC)cc3n1)/C=C/CCCCCC(=O)N[C@H]1CCCCC/C=C\[C@H]3C[C@@]3(C(=O)NS(=O)(=O)C3CC3)NC(=O)[C@@H]3C[C@H](CN3C1=O)O2. The maximum Gasteiger partial charge on any atom is 0.259 e. The zero-order chi connectivity index (χ0) is 38.7. The van der Waals surface area contributed by atoms with Gasteiger partial charge in [-0.1, -0.05) is 43.6 Å². The number of ether oxygens (including phenoxy) is 3. The molecule has 3 fully saturated rings. The van der Waals surface area contributed by atoms with E-state index in [1.54, 1.807) is 13.2 Å². The summed E-state index contributed by atoms with van der Waals surface area (Å²) in [5, 5.41) is 5.97. The van der Waals surface area contributed by atoms with Crippen LogP contribution >= 0.6 is 0 Å². The minimum absolute atomic E-state index is 0.0247. The summed E-state index contributed by atoms with van der Waals surface area (Å²) in [6, 6.07) is 3.49. The van der Waals surface area contributed by atoms with Gasteiger partial charge < -0.3 is 29.7 Å². The second-order valence-electron chi connectivity index (χ2n) is 15.4. The highest BCUT2D eigenvalue weighted by Gasteiger charge is 2.62. The van der Waals surface area contributed by atoms with E-state index < -0.39 is 62.6 Å². The Morgan fingerprint density at radius 1 is 0.982 bits per heavy atom. The van der Waals surface area contributed by atoms with Gasteiger partial charge in [-0.25, -0.2) is 13.4 Å². The van der Waals surface area contributed by atoms with E-state index in [9.17, 15) is 27.6 Å². The van der Waals surface area contributed by atoms with Crippen LogP contribution in [-0.2, 0) is 29.2 Å². The highest BCUT2D eigenvalue weighted by Crippen LogP contribution is 2.46. The lowest BCUT2D eigenvalue weighted by atomic mass is 10.0. The molecule has 0 spiro atoms. The van der Waals surface area contributed by atoms with E-state index >= 15 is 0 Å². The monoisotopic (exact) mass is 777 g/mol. The van der Waals surface area contributed by atoms with Crippen molar-refractivity contribution in [2.75, 3.05) is 20.8 Å². The molecule has 1 aromatic carbocycles. The molecule has 4 amide bonds. The largest absolute Gasteiger partial charge is 0.496 e. The number of pyridine rings is 1. The molecular weight excluding hydrogens is 727 g/mol. The number of hydrogen-bond acceptors (Lipinski definition) is 10. The average molecular weight is 778 g/mol. The topological polar surface area (TPSA) is 182 Å². The van der Waals surface area contributed by atoms with Gasteiger partial charge in [-0.3, -0.25) is 23.9 Å². The maximum atomic E-state index is 14.6. The summed E-state index contributed by atoms with van der Waals surface area (Å²) in [7, 11) is -0.785. The van der Waals surface area contributed by atoms with Crippen molar-refractivity contribution in [1.29, 1.82) is 0 Å². The van der Waals surface area contributed by atoms with Crippen LogP contribution < -0.4 is 29.6 Å². The number of nitrogens with one attached hydrogen (secondary N) is 3. The minimum atomic E-state index is -3.88. The smallest absolute Gasteiger partial charge is 0.259 e. The summed E-state index contributed by atoms with van der Waals surface area (Å²) in [6.45, 7) is 0.0247. The third-order valence-electron chi connectivity index (χ3n) is 11.4. The molecule has 3 aliphatic heterocycles. The number of hydrogen-bond donors (Lipinski definition) is 3. The van der Waals surface area contributed by atoms with E-state index in [1.807, 2.05) is 30.4 Å². The Labute approximate surface area is 321 Å². The lowest BCUT2D eigenvalue weighted by Gasteiger charge is -2.30. The molecule has 55 heavy (non-hydrogen) atoms. The molecule has 0 radical (unpaired) electrons. The summed E-state index contributed by atoms with van der Waals surface area (Å²) in [5.41, 5.74) is -0.0962. The Balaban J connectivity index is 1.26. The summed E-state index contributed by atoms with van der Waals surface area (Å²) < 4.78 is 45.9. The average Bonchev–Trinajstić information content (AvgIpc) is 4.09. The van der Waals surface area contributed by atoms with Crippen LogP contribution in [0.15, 0.2) is 36.4 Å². The zero-order valence-electron chi connectivity index (χ0n) is 31.5. The van der Waals surface area contributed by atoms with Gasteiger partial charge in [0, 0.05) is 41.8 Å². The highest BCUT2D eigenvalue weighted by molar-refractivity contribution is 7.91. The molecule has 0 unspecified atom stereocenters. The lowest BCUT2D eigenvalue weighted by Crippen LogP contribution is -2.58. The van der Waals surface area contributed by atoms with Crippen molar-refractivity contribution < 1.29 is 41.8 Å². The van der Waals surface area contributed by atoms with Gasteiger partial charge in [-0.2, -0.15) is 0 Å². The fraction of sp³-hybridized carbons (Fsp3) is 0.575. The molecule has 296 valence electrons. The Morgan fingerprint density at radius 2 is 1.76 bits per heavy atom. The van der Waals surface area contributed by atoms with Crippen LogP contribution in [0.3, 0.4) is 0 Å². The van der Waals surface area contributed by atoms with Crippen LogP contribution in [0.2, 0.25) is 0 Å². The lowest BCUT2D eigenvalue weighted by molar-refractivity contribution is -0.142. The summed E-state index contributed by atoms with van der Waals surface area (Å²) in [6.07, 6.45) is 15.4. The minimum Gasteiger partial charge on any atom is -0.496 e. The number of carbonyl (C=O) groups is 4. The first-order valence-corrected chi connectivity index (χ1v) is 21.1. The van der Waals surface area contributed by atoms with Crippen LogP contribution in [0, 0.1) is 5.92 Å². The molecule has 2 saturated carbocycles. The van der Waals surface area contributed by atoms with Gasteiger partial charge in [0.25, 0.3) is 5.91 Å². The predicted molar refractivity (Wildman–Crippen MR) is 205 cm³/mol. The molecule has 2 aliphatic carbocycles. The van der Waals surface area contributed by atoms with E-state index in [0.717, 1.165) is 44.1 Å². The molecule has 15 heteroatoms. The van der Waals surface area contributed by atoms with Crippen LogP contribution in [0.1, 0.15) is 95.5 Å². The first-order valence-electron chi connectivity index (χ1n) is 19.6. The van der Waals surface area contributed by atoms with Gasteiger partial charge in [0.1, 0.15) is 35.2 Å². The number of aromatic nitrogens is 1. The summed E-state index contributed by atoms with van der Waals surface area (Å²) >= 11 is 0. The third kappa shape index (κ3) is 8.61. The molecule has 7 rings (SSSR count). The Hall–Kier alpha value is -4.66. The van der Waals surface area contributed by atoms with Crippen molar-refractivity contribution in [3.63, 3.8) is 0 Å². The molecule has 5 atom stereocenters. The zero-order valence-corrected chi connectivity index (χ0v) is 32.3. The number of methoxy groups -OCH3 is 2.